The van der Waals surface area contributed by atoms with Crippen LogP contribution in [0.3, 0.4) is 0 Å². The summed E-state index contributed by atoms with van der Waals surface area (Å²) >= 11 is 0. The van der Waals surface area contributed by atoms with Gasteiger partial charge in [-0.05, 0) is 37.0 Å². The molecule has 1 aliphatic rings. The molecule has 1 aromatic heterocycles. The molecule has 0 atom stereocenters. The molecule has 0 radical (unpaired) electrons. The zero-order valence-corrected chi connectivity index (χ0v) is 12.5. The number of amides is 1. The minimum atomic E-state index is -4.47. The van der Waals surface area contributed by atoms with Crippen LogP contribution < -0.4 is 15.7 Å². The number of aryl methyl sites for hydroxylation is 1. The number of fused-ring (bicyclic) bond motifs is 3. The predicted octanol–water partition coefficient (Wildman–Crippen LogP) is 2.34. The minimum absolute atomic E-state index is 0.241. The Morgan fingerprint density at radius 1 is 1.25 bits per heavy atom. The zero-order chi connectivity index (χ0) is 17.3. The summed E-state index contributed by atoms with van der Waals surface area (Å²) in [6.45, 7) is -1.97. The van der Waals surface area contributed by atoms with Crippen molar-refractivity contribution in [3.05, 3.63) is 39.7 Å². The summed E-state index contributed by atoms with van der Waals surface area (Å²) < 4.78 is 46.4. The fourth-order valence-electron chi connectivity index (χ4n) is 2.75. The van der Waals surface area contributed by atoms with Gasteiger partial charge < -0.3 is 14.5 Å². The summed E-state index contributed by atoms with van der Waals surface area (Å²) in [6, 6.07) is 4.79. The first-order chi connectivity index (χ1) is 11.3. The van der Waals surface area contributed by atoms with Crippen LogP contribution in [0.2, 0.25) is 0 Å². The van der Waals surface area contributed by atoms with Crippen molar-refractivity contribution in [3.63, 3.8) is 0 Å². The Morgan fingerprint density at radius 2 is 2.00 bits per heavy atom. The summed E-state index contributed by atoms with van der Waals surface area (Å²) in [4.78, 5) is 23.2. The molecule has 0 saturated carbocycles. The lowest BCUT2D eigenvalue weighted by molar-refractivity contribution is -0.139. The molecule has 0 aliphatic heterocycles. The highest BCUT2D eigenvalue weighted by Crippen LogP contribution is 2.29. The van der Waals surface area contributed by atoms with Crippen LogP contribution in [0.25, 0.3) is 11.0 Å². The van der Waals surface area contributed by atoms with Crippen LogP contribution in [-0.2, 0) is 17.6 Å². The Labute approximate surface area is 134 Å². The second kappa shape index (κ2) is 6.18. The van der Waals surface area contributed by atoms with E-state index in [0.29, 0.717) is 17.6 Å². The predicted molar refractivity (Wildman–Crippen MR) is 79.1 cm³/mol. The fourth-order valence-corrected chi connectivity index (χ4v) is 2.75. The van der Waals surface area contributed by atoms with Gasteiger partial charge in [0, 0.05) is 17.0 Å². The average molecular weight is 341 g/mol. The Kier molecular flexibility index (Phi) is 4.21. The number of rotatable bonds is 4. The highest BCUT2D eigenvalue weighted by molar-refractivity contribution is 5.83. The minimum Gasteiger partial charge on any atom is -0.484 e. The molecule has 1 aromatic carbocycles. The molecule has 1 amide bonds. The quantitative estimate of drug-likeness (QED) is 0.867. The first-order valence-corrected chi connectivity index (χ1v) is 7.38. The van der Waals surface area contributed by atoms with Crippen molar-refractivity contribution < 1.29 is 27.1 Å². The largest absolute Gasteiger partial charge is 0.484 e. The highest BCUT2D eigenvalue weighted by Gasteiger charge is 2.27. The van der Waals surface area contributed by atoms with Crippen LogP contribution in [0.1, 0.15) is 17.5 Å². The van der Waals surface area contributed by atoms with E-state index < -0.39 is 25.2 Å². The third kappa shape index (κ3) is 3.52. The third-order valence-corrected chi connectivity index (χ3v) is 3.80. The van der Waals surface area contributed by atoms with Gasteiger partial charge in [0.2, 0.25) is 0 Å². The number of carbonyl (C=O) groups is 1. The smallest absolute Gasteiger partial charge is 0.405 e. The van der Waals surface area contributed by atoms with E-state index in [1.165, 1.54) is 6.07 Å². The standard InChI is InChI=1S/C16H14F3NO4/c17-16(18,19)8-20-14(21)7-23-9-4-5-11-10-2-1-3-12(10)15(22)24-13(11)6-9/h4-6H,1-3,7-8H2,(H,20,21). The molecular formula is C16H14F3NO4. The number of alkyl halides is 3. The molecule has 0 unspecified atom stereocenters. The Hall–Kier alpha value is -2.51. The Morgan fingerprint density at radius 3 is 2.75 bits per heavy atom. The Bertz CT molecular complexity index is 842. The molecule has 128 valence electrons. The average Bonchev–Trinajstić information content (AvgIpc) is 3.00. The molecule has 0 bridgehead atoms. The second-order valence-electron chi connectivity index (χ2n) is 5.54. The summed E-state index contributed by atoms with van der Waals surface area (Å²) in [7, 11) is 0. The van der Waals surface area contributed by atoms with Crippen molar-refractivity contribution in [2.24, 2.45) is 0 Å². The molecule has 0 saturated heterocycles. The van der Waals surface area contributed by atoms with Gasteiger partial charge in [0.1, 0.15) is 17.9 Å². The highest BCUT2D eigenvalue weighted by atomic mass is 19.4. The van der Waals surface area contributed by atoms with Crippen LogP contribution in [-0.4, -0.2) is 25.2 Å². The lowest BCUT2D eigenvalue weighted by Crippen LogP contribution is -2.36. The van der Waals surface area contributed by atoms with Gasteiger partial charge in [-0.1, -0.05) is 0 Å². The van der Waals surface area contributed by atoms with Crippen molar-refractivity contribution in [1.29, 1.82) is 0 Å². The second-order valence-corrected chi connectivity index (χ2v) is 5.54. The normalized spacial score (nSPS) is 13.8. The van der Waals surface area contributed by atoms with Gasteiger partial charge in [-0.3, -0.25) is 4.79 Å². The molecule has 3 rings (SSSR count). The lowest BCUT2D eigenvalue weighted by Gasteiger charge is -2.10. The molecule has 1 heterocycles. The van der Waals surface area contributed by atoms with Gasteiger partial charge in [0.15, 0.2) is 6.61 Å². The van der Waals surface area contributed by atoms with Crippen molar-refractivity contribution >= 4 is 16.9 Å². The van der Waals surface area contributed by atoms with E-state index in [1.54, 1.807) is 17.4 Å². The van der Waals surface area contributed by atoms with Crippen LogP contribution in [0.15, 0.2) is 27.4 Å². The maximum Gasteiger partial charge on any atom is 0.405 e. The molecule has 1 N–H and O–H groups in total. The van der Waals surface area contributed by atoms with Crippen LogP contribution >= 0.6 is 0 Å². The van der Waals surface area contributed by atoms with Crippen LogP contribution in [0.5, 0.6) is 5.75 Å². The first kappa shape index (κ1) is 16.4. The topological polar surface area (TPSA) is 68.5 Å². The van der Waals surface area contributed by atoms with Gasteiger partial charge in [0.25, 0.3) is 5.91 Å². The fraction of sp³-hybridized carbons (Fsp3) is 0.375. The van der Waals surface area contributed by atoms with Gasteiger partial charge in [0.05, 0.1) is 0 Å². The van der Waals surface area contributed by atoms with Crippen molar-refractivity contribution in [2.75, 3.05) is 13.2 Å². The van der Waals surface area contributed by atoms with E-state index in [-0.39, 0.29) is 11.4 Å². The van der Waals surface area contributed by atoms with Gasteiger partial charge >= 0.3 is 11.8 Å². The molecule has 1 aliphatic carbocycles. The lowest BCUT2D eigenvalue weighted by atomic mass is 10.1. The Balaban J connectivity index is 1.72. The number of halogens is 3. The third-order valence-electron chi connectivity index (χ3n) is 3.80. The zero-order valence-electron chi connectivity index (χ0n) is 12.5. The molecule has 5 nitrogen and oxygen atoms in total. The van der Waals surface area contributed by atoms with Crippen LogP contribution in [0.4, 0.5) is 13.2 Å². The number of hydrogen-bond donors (Lipinski definition) is 1. The summed E-state index contributed by atoms with van der Waals surface area (Å²) in [5.41, 5.74) is 1.63. The van der Waals surface area contributed by atoms with Crippen molar-refractivity contribution in [3.8, 4) is 5.75 Å². The SMILES string of the molecule is O=C(COc1ccc2c3c(c(=O)oc2c1)CCC3)NCC(F)(F)F. The number of ether oxygens (including phenoxy) is 1. The van der Waals surface area contributed by atoms with Crippen molar-refractivity contribution in [2.45, 2.75) is 25.4 Å². The molecule has 0 spiro atoms. The van der Waals surface area contributed by atoms with E-state index in [2.05, 4.69) is 0 Å². The van der Waals surface area contributed by atoms with E-state index in [0.717, 1.165) is 23.8 Å². The molecule has 2 aromatic rings. The summed E-state index contributed by atoms with van der Waals surface area (Å²) in [5.74, 6) is -0.645. The maximum atomic E-state index is 12.0. The first-order valence-electron chi connectivity index (χ1n) is 7.38. The molecule has 8 heteroatoms. The number of carbonyl (C=O) groups excluding carboxylic acids is 1. The van der Waals surface area contributed by atoms with E-state index >= 15 is 0 Å². The summed E-state index contributed by atoms with van der Waals surface area (Å²) in [5, 5.41) is 2.53. The van der Waals surface area contributed by atoms with Crippen molar-refractivity contribution in [1.82, 2.24) is 5.32 Å². The van der Waals surface area contributed by atoms with Gasteiger partial charge in [-0.15, -0.1) is 0 Å². The number of benzene rings is 1. The van der Waals surface area contributed by atoms with E-state index in [9.17, 15) is 22.8 Å². The summed E-state index contributed by atoms with van der Waals surface area (Å²) in [6.07, 6.45) is -2.07. The molecule has 24 heavy (non-hydrogen) atoms. The monoisotopic (exact) mass is 341 g/mol. The van der Waals surface area contributed by atoms with Gasteiger partial charge in [-0.2, -0.15) is 13.2 Å². The van der Waals surface area contributed by atoms with E-state index in [1.807, 2.05) is 0 Å². The number of nitrogens with one attached hydrogen (secondary N) is 1. The van der Waals surface area contributed by atoms with Crippen LogP contribution in [0, 0.1) is 0 Å². The van der Waals surface area contributed by atoms with Gasteiger partial charge in [-0.25, -0.2) is 4.79 Å². The molecular weight excluding hydrogens is 327 g/mol. The van der Waals surface area contributed by atoms with E-state index in [4.69, 9.17) is 9.15 Å². The molecule has 0 fully saturated rings. The maximum absolute atomic E-state index is 12.0. The number of hydrogen-bond acceptors (Lipinski definition) is 4.